The first kappa shape index (κ1) is 9.85. The number of benzene rings is 1. The number of aromatic hydroxyl groups is 1. The van der Waals surface area contributed by atoms with E-state index in [0.717, 1.165) is 0 Å². The van der Waals surface area contributed by atoms with Gasteiger partial charge in [0.1, 0.15) is 0 Å². The molecule has 0 spiro atoms. The van der Waals surface area contributed by atoms with Gasteiger partial charge in [0, 0.05) is 5.56 Å². The van der Waals surface area contributed by atoms with E-state index in [4.69, 9.17) is 10.5 Å². The van der Waals surface area contributed by atoms with Crippen molar-refractivity contribution < 1.29 is 14.6 Å². The number of anilines is 1. The number of hydrogen-bond acceptors (Lipinski definition) is 4. The van der Waals surface area contributed by atoms with Crippen molar-refractivity contribution in [2.45, 2.75) is 0 Å². The van der Waals surface area contributed by atoms with Gasteiger partial charge in [-0.15, -0.1) is 0 Å². The first-order valence-electron chi connectivity index (χ1n) is 3.42. The fraction of sp³-hybridized carbons (Fsp3) is 0.125. The van der Waals surface area contributed by atoms with Crippen LogP contribution in [0.25, 0.3) is 0 Å². The summed E-state index contributed by atoms with van der Waals surface area (Å²) in [7, 11) is 1.37. The van der Waals surface area contributed by atoms with Gasteiger partial charge in [-0.2, -0.15) is 0 Å². The number of rotatable bonds is 2. The van der Waals surface area contributed by atoms with Gasteiger partial charge in [-0.3, -0.25) is 4.79 Å². The monoisotopic (exact) mass is 245 g/mol. The van der Waals surface area contributed by atoms with Crippen LogP contribution in [-0.2, 0) is 0 Å². The third kappa shape index (κ3) is 1.60. The van der Waals surface area contributed by atoms with Crippen molar-refractivity contribution in [1.29, 1.82) is 0 Å². The number of aldehydes is 1. The molecule has 0 saturated heterocycles. The number of carbonyl (C=O) groups is 1. The quantitative estimate of drug-likeness (QED) is 0.613. The Labute approximate surface area is 83.4 Å². The van der Waals surface area contributed by atoms with Gasteiger partial charge in [-0.1, -0.05) is 0 Å². The van der Waals surface area contributed by atoms with Crippen LogP contribution in [0, 0.1) is 0 Å². The predicted octanol–water partition coefficient (Wildman–Crippen LogP) is 1.56. The molecule has 1 rings (SSSR count). The molecule has 0 aromatic heterocycles. The van der Waals surface area contributed by atoms with E-state index in [0.29, 0.717) is 10.8 Å². The fourth-order valence-corrected chi connectivity index (χ4v) is 1.38. The van der Waals surface area contributed by atoms with Crippen molar-refractivity contribution in [3.63, 3.8) is 0 Å². The van der Waals surface area contributed by atoms with Gasteiger partial charge < -0.3 is 15.6 Å². The zero-order chi connectivity index (χ0) is 10.0. The zero-order valence-electron chi connectivity index (χ0n) is 6.87. The summed E-state index contributed by atoms with van der Waals surface area (Å²) in [4.78, 5) is 10.5. The molecule has 70 valence electrons. The highest BCUT2D eigenvalue weighted by Gasteiger charge is 2.14. The summed E-state index contributed by atoms with van der Waals surface area (Å²) in [6.45, 7) is 0. The molecule has 0 aliphatic rings. The Morgan fingerprint density at radius 3 is 2.77 bits per heavy atom. The van der Waals surface area contributed by atoms with Crippen molar-refractivity contribution in [2.24, 2.45) is 0 Å². The standard InChI is InChI=1S/C8H8BrNO3/c1-13-8-6(10)4(3-11)2-5(9)7(8)12/h2-3,12H,10H2,1H3. The van der Waals surface area contributed by atoms with Crippen molar-refractivity contribution in [2.75, 3.05) is 12.8 Å². The number of carbonyl (C=O) groups excluding carboxylic acids is 1. The molecule has 3 N–H and O–H groups in total. The molecular weight excluding hydrogens is 238 g/mol. The molecule has 1 aromatic rings. The second-order valence-electron chi connectivity index (χ2n) is 2.36. The number of nitrogen functional groups attached to an aromatic ring is 1. The number of ether oxygens (including phenoxy) is 1. The van der Waals surface area contributed by atoms with Crippen LogP contribution in [0.15, 0.2) is 10.5 Å². The molecule has 0 heterocycles. The van der Waals surface area contributed by atoms with E-state index in [1.54, 1.807) is 0 Å². The van der Waals surface area contributed by atoms with E-state index in [-0.39, 0.29) is 22.7 Å². The summed E-state index contributed by atoms with van der Waals surface area (Å²) in [6, 6.07) is 1.43. The SMILES string of the molecule is COc1c(N)c(C=O)cc(Br)c1O. The molecule has 1 aromatic carbocycles. The number of methoxy groups -OCH3 is 1. The first-order valence-corrected chi connectivity index (χ1v) is 4.21. The summed E-state index contributed by atoms with van der Waals surface area (Å²) in [5.41, 5.74) is 5.95. The Balaban J connectivity index is 3.47. The largest absolute Gasteiger partial charge is 0.503 e. The molecular formula is C8H8BrNO3. The van der Waals surface area contributed by atoms with Gasteiger partial charge >= 0.3 is 0 Å². The molecule has 4 nitrogen and oxygen atoms in total. The van der Waals surface area contributed by atoms with Gasteiger partial charge in [0.2, 0.25) is 0 Å². The van der Waals surface area contributed by atoms with Crippen molar-refractivity contribution in [1.82, 2.24) is 0 Å². The Kier molecular flexibility index (Phi) is 2.77. The Morgan fingerprint density at radius 2 is 2.31 bits per heavy atom. The van der Waals surface area contributed by atoms with E-state index in [1.807, 2.05) is 0 Å². The fourth-order valence-electron chi connectivity index (χ4n) is 0.954. The number of hydrogen-bond donors (Lipinski definition) is 2. The first-order chi connectivity index (χ1) is 6.11. The van der Waals surface area contributed by atoms with Crippen LogP contribution in [0.1, 0.15) is 10.4 Å². The third-order valence-corrected chi connectivity index (χ3v) is 2.21. The average Bonchev–Trinajstić information content (AvgIpc) is 2.12. The molecule has 5 heteroatoms. The zero-order valence-corrected chi connectivity index (χ0v) is 8.46. The highest BCUT2D eigenvalue weighted by molar-refractivity contribution is 9.10. The molecule has 13 heavy (non-hydrogen) atoms. The Bertz CT molecular complexity index is 352. The second kappa shape index (κ2) is 3.66. The normalized spacial score (nSPS) is 9.69. The van der Waals surface area contributed by atoms with E-state index < -0.39 is 0 Å². The van der Waals surface area contributed by atoms with Crippen LogP contribution < -0.4 is 10.5 Å². The number of halogens is 1. The Morgan fingerprint density at radius 1 is 1.69 bits per heavy atom. The van der Waals surface area contributed by atoms with Crippen LogP contribution in [0.5, 0.6) is 11.5 Å². The molecule has 0 aliphatic carbocycles. The number of phenolic OH excluding ortho intramolecular Hbond substituents is 1. The Hall–Kier alpha value is -1.23. The van der Waals surface area contributed by atoms with Crippen LogP contribution in [0.4, 0.5) is 5.69 Å². The summed E-state index contributed by atoms with van der Waals surface area (Å²) >= 11 is 3.07. The lowest BCUT2D eigenvalue weighted by atomic mass is 10.1. The minimum absolute atomic E-state index is 0.106. The van der Waals surface area contributed by atoms with Crippen LogP contribution in [0.3, 0.4) is 0 Å². The van der Waals surface area contributed by atoms with E-state index in [2.05, 4.69) is 15.9 Å². The number of phenols is 1. The molecule has 0 aliphatic heterocycles. The van der Waals surface area contributed by atoms with E-state index in [1.165, 1.54) is 13.2 Å². The predicted molar refractivity (Wildman–Crippen MR) is 52.2 cm³/mol. The van der Waals surface area contributed by atoms with Crippen molar-refractivity contribution in [3.8, 4) is 11.5 Å². The molecule has 0 unspecified atom stereocenters. The van der Waals surface area contributed by atoms with Gasteiger partial charge in [-0.25, -0.2) is 0 Å². The molecule has 0 amide bonds. The summed E-state index contributed by atoms with van der Waals surface area (Å²) in [5.74, 6) is 0.00192. The summed E-state index contributed by atoms with van der Waals surface area (Å²) in [6.07, 6.45) is 0.599. The molecule has 0 radical (unpaired) electrons. The third-order valence-electron chi connectivity index (χ3n) is 1.61. The minimum Gasteiger partial charge on any atom is -0.503 e. The maximum absolute atomic E-state index is 10.5. The van der Waals surface area contributed by atoms with Gasteiger partial charge in [0.15, 0.2) is 17.8 Å². The summed E-state index contributed by atoms with van der Waals surface area (Å²) in [5, 5.41) is 9.43. The van der Waals surface area contributed by atoms with Crippen molar-refractivity contribution >= 4 is 27.9 Å². The van der Waals surface area contributed by atoms with Crippen molar-refractivity contribution in [3.05, 3.63) is 16.1 Å². The average molecular weight is 246 g/mol. The van der Waals surface area contributed by atoms with Gasteiger partial charge in [0.25, 0.3) is 0 Å². The molecule has 0 saturated carbocycles. The maximum Gasteiger partial charge on any atom is 0.185 e. The minimum atomic E-state index is -0.106. The summed E-state index contributed by atoms with van der Waals surface area (Å²) < 4.78 is 5.21. The van der Waals surface area contributed by atoms with Gasteiger partial charge in [0.05, 0.1) is 17.3 Å². The highest BCUT2D eigenvalue weighted by atomic mass is 79.9. The van der Waals surface area contributed by atoms with E-state index >= 15 is 0 Å². The van der Waals surface area contributed by atoms with Crippen LogP contribution in [0.2, 0.25) is 0 Å². The molecule has 0 fully saturated rings. The molecule has 0 bridgehead atoms. The lowest BCUT2D eigenvalue weighted by Gasteiger charge is -2.09. The lowest BCUT2D eigenvalue weighted by Crippen LogP contribution is -1.98. The van der Waals surface area contributed by atoms with E-state index in [9.17, 15) is 9.90 Å². The van der Waals surface area contributed by atoms with Gasteiger partial charge in [-0.05, 0) is 22.0 Å². The topological polar surface area (TPSA) is 72.5 Å². The smallest absolute Gasteiger partial charge is 0.185 e. The molecule has 0 atom stereocenters. The van der Waals surface area contributed by atoms with Crippen LogP contribution >= 0.6 is 15.9 Å². The van der Waals surface area contributed by atoms with Crippen LogP contribution in [-0.4, -0.2) is 18.5 Å². The second-order valence-corrected chi connectivity index (χ2v) is 3.22. The number of nitrogens with two attached hydrogens (primary N) is 1. The highest BCUT2D eigenvalue weighted by Crippen LogP contribution is 2.40. The lowest BCUT2D eigenvalue weighted by molar-refractivity contribution is 0.112. The maximum atomic E-state index is 10.5.